The number of sulfone groups is 1. The highest BCUT2D eigenvalue weighted by atomic mass is 35.5. The van der Waals surface area contributed by atoms with E-state index in [-0.39, 0.29) is 16.1 Å². The summed E-state index contributed by atoms with van der Waals surface area (Å²) in [5.74, 6) is 0.0995. The van der Waals surface area contributed by atoms with Crippen LogP contribution in [0.3, 0.4) is 0 Å². The van der Waals surface area contributed by atoms with Crippen LogP contribution in [-0.4, -0.2) is 13.7 Å². The zero-order chi connectivity index (χ0) is 13.5. The summed E-state index contributed by atoms with van der Waals surface area (Å²) in [6, 6.07) is 16.4. The van der Waals surface area contributed by atoms with Gasteiger partial charge in [-0.15, -0.1) is 0 Å². The minimum Gasteiger partial charge on any atom is -0.223 e. The van der Waals surface area contributed by atoms with Gasteiger partial charge in [0.05, 0.1) is 15.2 Å². The third kappa shape index (κ3) is 2.28. The molecule has 1 aliphatic rings. The molecule has 0 spiro atoms. The molecule has 3 rings (SSSR count). The third-order valence-corrected chi connectivity index (χ3v) is 6.23. The van der Waals surface area contributed by atoms with Crippen molar-refractivity contribution < 1.29 is 8.42 Å². The Morgan fingerprint density at radius 1 is 0.947 bits per heavy atom. The fourth-order valence-electron chi connectivity index (χ4n) is 2.40. The van der Waals surface area contributed by atoms with Crippen molar-refractivity contribution in [2.45, 2.75) is 22.5 Å². The van der Waals surface area contributed by atoms with Gasteiger partial charge in [0.1, 0.15) is 0 Å². The van der Waals surface area contributed by atoms with Crippen LogP contribution in [0.5, 0.6) is 0 Å². The summed E-state index contributed by atoms with van der Waals surface area (Å²) in [5, 5.41) is -0.0315. The Hall–Kier alpha value is -1.32. The second-order valence-electron chi connectivity index (χ2n) is 4.77. The molecule has 2 aromatic carbocycles. The van der Waals surface area contributed by atoms with Gasteiger partial charge >= 0.3 is 0 Å². The monoisotopic (exact) mass is 292 g/mol. The average molecular weight is 293 g/mol. The molecule has 1 saturated carbocycles. The highest BCUT2D eigenvalue weighted by Crippen LogP contribution is 2.48. The molecule has 0 bridgehead atoms. The van der Waals surface area contributed by atoms with E-state index >= 15 is 0 Å². The lowest BCUT2D eigenvalue weighted by molar-refractivity contribution is 0.594. The second-order valence-corrected chi connectivity index (χ2v) is 7.31. The first-order valence-electron chi connectivity index (χ1n) is 6.14. The maximum Gasteiger partial charge on any atom is 0.183 e. The minimum atomic E-state index is -3.33. The van der Waals surface area contributed by atoms with Crippen molar-refractivity contribution in [1.82, 2.24) is 0 Å². The summed E-state index contributed by atoms with van der Waals surface area (Å²) in [4.78, 5) is 0.250. The standard InChI is InChI=1S/C15H13ClO2S/c16-13-8-4-5-9-14(13)19(17,18)15-10-12(15)11-6-2-1-3-7-11/h1-9,12,15H,10H2/t12-,15-/m0/s1. The molecule has 0 saturated heterocycles. The van der Waals surface area contributed by atoms with Crippen molar-refractivity contribution in [3.63, 3.8) is 0 Å². The van der Waals surface area contributed by atoms with E-state index in [2.05, 4.69) is 0 Å². The van der Waals surface area contributed by atoms with Crippen LogP contribution in [-0.2, 0) is 9.84 Å². The molecule has 1 aliphatic carbocycles. The van der Waals surface area contributed by atoms with Gasteiger partial charge in [-0.25, -0.2) is 8.42 Å². The van der Waals surface area contributed by atoms with Gasteiger partial charge in [-0.2, -0.15) is 0 Å². The van der Waals surface area contributed by atoms with Crippen LogP contribution in [0.4, 0.5) is 0 Å². The van der Waals surface area contributed by atoms with Gasteiger partial charge in [0, 0.05) is 5.92 Å². The molecule has 4 heteroatoms. The van der Waals surface area contributed by atoms with Gasteiger partial charge in [-0.1, -0.05) is 54.1 Å². The van der Waals surface area contributed by atoms with E-state index in [9.17, 15) is 8.42 Å². The zero-order valence-electron chi connectivity index (χ0n) is 10.2. The first-order chi connectivity index (χ1) is 9.10. The maximum atomic E-state index is 12.5. The lowest BCUT2D eigenvalue weighted by Crippen LogP contribution is -2.09. The number of hydrogen-bond acceptors (Lipinski definition) is 2. The normalized spacial score (nSPS) is 22.2. The molecule has 2 nitrogen and oxygen atoms in total. The zero-order valence-corrected chi connectivity index (χ0v) is 11.7. The lowest BCUT2D eigenvalue weighted by atomic mass is 10.1. The smallest absolute Gasteiger partial charge is 0.183 e. The number of benzene rings is 2. The Morgan fingerprint density at radius 2 is 1.58 bits per heavy atom. The highest BCUT2D eigenvalue weighted by Gasteiger charge is 2.49. The molecular formula is C15H13ClO2S. The second kappa shape index (κ2) is 4.66. The molecule has 2 atom stereocenters. The third-order valence-electron chi connectivity index (χ3n) is 3.50. The SMILES string of the molecule is O=S(=O)(c1ccccc1Cl)[C@H]1C[C@H]1c1ccccc1. The fraction of sp³-hybridized carbons (Fsp3) is 0.200. The summed E-state index contributed by atoms with van der Waals surface area (Å²) in [7, 11) is -3.33. The first-order valence-corrected chi connectivity index (χ1v) is 8.06. The van der Waals surface area contributed by atoms with E-state index < -0.39 is 9.84 Å². The van der Waals surface area contributed by atoms with E-state index in [0.29, 0.717) is 11.4 Å². The van der Waals surface area contributed by atoms with Gasteiger partial charge in [0.25, 0.3) is 0 Å². The molecule has 0 aromatic heterocycles. The molecule has 0 aliphatic heterocycles. The van der Waals surface area contributed by atoms with Crippen molar-refractivity contribution >= 4 is 21.4 Å². The molecular weight excluding hydrogens is 280 g/mol. The fourth-order valence-corrected chi connectivity index (χ4v) is 4.85. The van der Waals surface area contributed by atoms with Crippen molar-refractivity contribution in [1.29, 1.82) is 0 Å². The van der Waals surface area contributed by atoms with Crippen molar-refractivity contribution in [2.24, 2.45) is 0 Å². The van der Waals surface area contributed by atoms with Crippen LogP contribution in [0, 0.1) is 0 Å². The molecule has 98 valence electrons. The topological polar surface area (TPSA) is 34.1 Å². The molecule has 0 amide bonds. The van der Waals surface area contributed by atoms with Gasteiger partial charge in [-0.05, 0) is 24.1 Å². The Labute approximate surface area is 118 Å². The number of halogens is 1. The maximum absolute atomic E-state index is 12.5. The summed E-state index contributed by atoms with van der Waals surface area (Å²) in [6.45, 7) is 0. The Balaban J connectivity index is 1.91. The average Bonchev–Trinajstić information content (AvgIpc) is 3.21. The van der Waals surface area contributed by atoms with Crippen LogP contribution in [0.1, 0.15) is 17.9 Å². The molecule has 0 unspecified atom stereocenters. The van der Waals surface area contributed by atoms with Crippen LogP contribution >= 0.6 is 11.6 Å². The first kappa shape index (κ1) is 12.7. The lowest BCUT2D eigenvalue weighted by Gasteiger charge is -2.06. The van der Waals surface area contributed by atoms with E-state index in [0.717, 1.165) is 5.56 Å². The van der Waals surface area contributed by atoms with Crippen LogP contribution in [0.15, 0.2) is 59.5 Å². The number of hydrogen-bond donors (Lipinski definition) is 0. The van der Waals surface area contributed by atoms with E-state index in [1.807, 2.05) is 30.3 Å². The Morgan fingerprint density at radius 3 is 2.26 bits per heavy atom. The molecule has 1 fully saturated rings. The molecule has 0 radical (unpaired) electrons. The molecule has 19 heavy (non-hydrogen) atoms. The Kier molecular flexibility index (Phi) is 3.11. The molecule has 0 N–H and O–H groups in total. The summed E-state index contributed by atoms with van der Waals surface area (Å²) < 4.78 is 25.0. The van der Waals surface area contributed by atoms with E-state index in [4.69, 9.17) is 11.6 Å². The van der Waals surface area contributed by atoms with E-state index in [1.165, 1.54) is 0 Å². The van der Waals surface area contributed by atoms with Crippen molar-refractivity contribution in [3.8, 4) is 0 Å². The van der Waals surface area contributed by atoms with Crippen LogP contribution in [0.25, 0.3) is 0 Å². The molecule has 0 heterocycles. The van der Waals surface area contributed by atoms with Gasteiger partial charge < -0.3 is 0 Å². The summed E-state index contributed by atoms with van der Waals surface area (Å²) in [6.07, 6.45) is 0.678. The summed E-state index contributed by atoms with van der Waals surface area (Å²) in [5.41, 5.74) is 1.09. The minimum absolute atomic E-state index is 0.0995. The predicted octanol–water partition coefficient (Wildman–Crippen LogP) is 3.67. The van der Waals surface area contributed by atoms with Gasteiger partial charge in [-0.3, -0.25) is 0 Å². The summed E-state index contributed by atoms with van der Waals surface area (Å²) >= 11 is 6.00. The number of rotatable bonds is 3. The quantitative estimate of drug-likeness (QED) is 0.865. The largest absolute Gasteiger partial charge is 0.223 e. The van der Waals surface area contributed by atoms with Gasteiger partial charge in [0.15, 0.2) is 9.84 Å². The van der Waals surface area contributed by atoms with Crippen molar-refractivity contribution in [2.75, 3.05) is 0 Å². The Bertz CT molecular complexity index is 695. The predicted molar refractivity (Wildman–Crippen MR) is 76.2 cm³/mol. The van der Waals surface area contributed by atoms with Crippen LogP contribution < -0.4 is 0 Å². The highest BCUT2D eigenvalue weighted by molar-refractivity contribution is 7.92. The van der Waals surface area contributed by atoms with Crippen molar-refractivity contribution in [3.05, 3.63) is 65.2 Å². The van der Waals surface area contributed by atoms with E-state index in [1.54, 1.807) is 24.3 Å². The van der Waals surface area contributed by atoms with Crippen LogP contribution in [0.2, 0.25) is 5.02 Å². The van der Waals surface area contributed by atoms with Gasteiger partial charge in [0.2, 0.25) is 0 Å². The molecule has 2 aromatic rings.